The van der Waals surface area contributed by atoms with Crippen LogP contribution in [0.15, 0.2) is 0 Å². The van der Waals surface area contributed by atoms with E-state index in [9.17, 15) is 52.7 Å². The van der Waals surface area contributed by atoms with Gasteiger partial charge in [0.15, 0.2) is 0 Å². The van der Waals surface area contributed by atoms with Crippen LogP contribution in [0.1, 0.15) is 32.1 Å². The Morgan fingerprint density at radius 2 is 1.17 bits per heavy atom. The van der Waals surface area contributed by atoms with Crippen LogP contribution in [0.25, 0.3) is 0 Å². The zero-order valence-electron chi connectivity index (χ0n) is 11.7. The fourth-order valence-electron chi connectivity index (χ4n) is 2.10. The summed E-state index contributed by atoms with van der Waals surface area (Å²) in [6.07, 6.45) is -6.86. The molecule has 0 aromatic carbocycles. The Balaban J connectivity index is 3.11. The van der Waals surface area contributed by atoms with Gasteiger partial charge in [-0.05, 0) is 12.3 Å². The molecule has 0 aliphatic heterocycles. The first-order valence-corrected chi connectivity index (χ1v) is 6.69. The van der Waals surface area contributed by atoms with Crippen LogP contribution in [0, 0.1) is 5.92 Å². The fraction of sp³-hybridized carbons (Fsp3) is 1.00. The van der Waals surface area contributed by atoms with Gasteiger partial charge in [0.25, 0.3) is 0 Å². The lowest BCUT2D eigenvalue weighted by Gasteiger charge is -2.39. The Labute approximate surface area is 128 Å². The third-order valence-corrected chi connectivity index (χ3v) is 4.03. The van der Waals surface area contributed by atoms with Crippen LogP contribution in [-0.2, 0) is 0 Å². The maximum atomic E-state index is 13.3. The maximum absolute atomic E-state index is 13.3. The van der Waals surface area contributed by atoms with Crippen LogP contribution in [0.4, 0.5) is 52.7 Å². The van der Waals surface area contributed by atoms with Crippen LogP contribution in [0.5, 0.6) is 0 Å². The summed E-state index contributed by atoms with van der Waals surface area (Å²) < 4.78 is 154. The zero-order chi connectivity index (χ0) is 19.2. The van der Waals surface area contributed by atoms with Gasteiger partial charge in [0.2, 0.25) is 0 Å². The molecular formula is C12H12F12. The van der Waals surface area contributed by atoms with Crippen molar-refractivity contribution >= 4 is 0 Å². The zero-order valence-corrected chi connectivity index (χ0v) is 11.7. The molecule has 0 atom stereocenters. The summed E-state index contributed by atoms with van der Waals surface area (Å²) in [6, 6.07) is 0. The van der Waals surface area contributed by atoms with E-state index in [4.69, 9.17) is 0 Å². The summed E-state index contributed by atoms with van der Waals surface area (Å²) in [7, 11) is 0. The van der Waals surface area contributed by atoms with E-state index in [-0.39, 0.29) is 0 Å². The molecule has 1 aliphatic rings. The van der Waals surface area contributed by atoms with Crippen molar-refractivity contribution in [2.24, 2.45) is 5.92 Å². The highest BCUT2D eigenvalue weighted by molar-refractivity contribution is 5.09. The summed E-state index contributed by atoms with van der Waals surface area (Å²) in [5.74, 6) is -35.0. The van der Waals surface area contributed by atoms with E-state index >= 15 is 0 Å². The molecular weight excluding hydrogens is 372 g/mol. The van der Waals surface area contributed by atoms with Crippen molar-refractivity contribution in [1.82, 2.24) is 0 Å². The van der Waals surface area contributed by atoms with Crippen molar-refractivity contribution in [3.63, 3.8) is 0 Å². The fourth-order valence-corrected chi connectivity index (χ4v) is 2.10. The second-order valence-corrected chi connectivity index (χ2v) is 5.69. The van der Waals surface area contributed by atoms with Gasteiger partial charge in [0.1, 0.15) is 0 Å². The van der Waals surface area contributed by atoms with E-state index in [1.165, 1.54) is 0 Å². The number of halogens is 12. The Morgan fingerprint density at radius 3 is 1.50 bits per heavy atom. The third kappa shape index (κ3) is 3.04. The van der Waals surface area contributed by atoms with Gasteiger partial charge in [-0.25, -0.2) is 8.78 Å². The molecule has 0 spiro atoms. The lowest BCUT2D eigenvalue weighted by Crippen LogP contribution is -2.68. The van der Waals surface area contributed by atoms with Crippen molar-refractivity contribution in [2.75, 3.05) is 0 Å². The molecule has 0 bridgehead atoms. The predicted octanol–water partition coefficient (Wildman–Crippen LogP) is 6.01. The van der Waals surface area contributed by atoms with Crippen molar-refractivity contribution in [3.8, 4) is 0 Å². The van der Waals surface area contributed by atoms with Crippen LogP contribution in [0.3, 0.4) is 0 Å². The molecule has 12 heteroatoms. The van der Waals surface area contributed by atoms with Crippen LogP contribution in [0.2, 0.25) is 0 Å². The molecule has 1 saturated carbocycles. The number of hydrogen-bond acceptors (Lipinski definition) is 0. The number of rotatable bonds is 8. The minimum atomic E-state index is -7.40. The van der Waals surface area contributed by atoms with E-state index in [0.717, 1.165) is 0 Å². The van der Waals surface area contributed by atoms with Gasteiger partial charge >= 0.3 is 36.0 Å². The van der Waals surface area contributed by atoms with Gasteiger partial charge in [0.05, 0.1) is 0 Å². The van der Waals surface area contributed by atoms with Crippen molar-refractivity contribution in [1.29, 1.82) is 0 Å². The van der Waals surface area contributed by atoms with Gasteiger partial charge in [-0.2, -0.15) is 43.9 Å². The lowest BCUT2D eigenvalue weighted by atomic mass is 9.80. The van der Waals surface area contributed by atoms with E-state index in [2.05, 4.69) is 0 Å². The Kier molecular flexibility index (Phi) is 5.44. The normalized spacial score (nSPS) is 18.9. The topological polar surface area (TPSA) is 0 Å². The average molecular weight is 384 g/mol. The van der Waals surface area contributed by atoms with Crippen LogP contribution < -0.4 is 0 Å². The first-order chi connectivity index (χ1) is 10.5. The maximum Gasteiger partial charge on any atom is 0.384 e. The van der Waals surface area contributed by atoms with E-state index < -0.39 is 54.8 Å². The van der Waals surface area contributed by atoms with Gasteiger partial charge in [-0.1, -0.05) is 19.3 Å². The summed E-state index contributed by atoms with van der Waals surface area (Å²) in [4.78, 5) is 0. The van der Waals surface area contributed by atoms with Gasteiger partial charge in [0, 0.05) is 6.42 Å². The van der Waals surface area contributed by atoms with Crippen molar-refractivity contribution < 1.29 is 52.7 Å². The monoisotopic (exact) mass is 384 g/mol. The summed E-state index contributed by atoms with van der Waals surface area (Å²) in [5, 5.41) is 0. The highest BCUT2D eigenvalue weighted by Gasteiger charge is 2.87. The summed E-state index contributed by atoms with van der Waals surface area (Å²) >= 11 is 0. The third-order valence-electron chi connectivity index (χ3n) is 4.03. The SMILES string of the molecule is FC(F)C(F)(F)C(F)(F)C(F)(F)C(F)(F)C(F)(F)CCC1CCC1. The summed E-state index contributed by atoms with van der Waals surface area (Å²) in [6.45, 7) is 0. The number of hydrogen-bond donors (Lipinski definition) is 0. The Bertz CT molecular complexity index is 437. The van der Waals surface area contributed by atoms with E-state index in [0.29, 0.717) is 19.3 Å². The molecule has 0 aromatic heterocycles. The highest BCUT2D eigenvalue weighted by atomic mass is 19.4. The second kappa shape index (κ2) is 6.15. The molecule has 0 N–H and O–H groups in total. The predicted molar refractivity (Wildman–Crippen MR) is 57.3 cm³/mol. The second-order valence-electron chi connectivity index (χ2n) is 5.69. The van der Waals surface area contributed by atoms with E-state index in [1.807, 2.05) is 0 Å². The summed E-state index contributed by atoms with van der Waals surface area (Å²) in [5.41, 5.74) is 0. The first-order valence-electron chi connectivity index (χ1n) is 6.69. The molecule has 1 rings (SSSR count). The molecule has 24 heavy (non-hydrogen) atoms. The molecule has 0 nitrogen and oxygen atoms in total. The Hall–Kier alpha value is -0.840. The number of alkyl halides is 12. The standard InChI is InChI=1S/C12H12F12/c13-7(14)9(17,18)11(21,22)12(23,24)10(19,20)8(15,16)5-4-6-2-1-3-6/h6-7H,1-5H2. The molecule has 0 saturated heterocycles. The first kappa shape index (κ1) is 21.2. The quantitative estimate of drug-likeness (QED) is 0.450. The minimum Gasteiger partial charge on any atom is -0.203 e. The van der Waals surface area contributed by atoms with Gasteiger partial charge in [-0.15, -0.1) is 0 Å². The smallest absolute Gasteiger partial charge is 0.203 e. The van der Waals surface area contributed by atoms with Crippen LogP contribution in [-0.4, -0.2) is 36.0 Å². The van der Waals surface area contributed by atoms with Gasteiger partial charge < -0.3 is 0 Å². The molecule has 144 valence electrons. The molecule has 1 aliphatic carbocycles. The Morgan fingerprint density at radius 1 is 0.708 bits per heavy atom. The molecule has 0 radical (unpaired) electrons. The lowest BCUT2D eigenvalue weighted by molar-refractivity contribution is -0.413. The highest BCUT2D eigenvalue weighted by Crippen LogP contribution is 2.59. The van der Waals surface area contributed by atoms with Gasteiger partial charge in [-0.3, -0.25) is 0 Å². The average Bonchev–Trinajstić information content (AvgIpc) is 2.35. The minimum absolute atomic E-state index is 0.345. The molecule has 1 fully saturated rings. The molecule has 0 unspecified atom stereocenters. The molecule has 0 amide bonds. The van der Waals surface area contributed by atoms with E-state index in [1.54, 1.807) is 0 Å². The van der Waals surface area contributed by atoms with Crippen molar-refractivity contribution in [3.05, 3.63) is 0 Å². The van der Waals surface area contributed by atoms with Crippen LogP contribution >= 0.6 is 0 Å². The largest absolute Gasteiger partial charge is 0.384 e. The molecule has 0 aromatic rings. The van der Waals surface area contributed by atoms with Crippen molar-refractivity contribution in [2.45, 2.75) is 68.1 Å². The molecule has 0 heterocycles.